The lowest BCUT2D eigenvalue weighted by molar-refractivity contribution is 1.25. The Morgan fingerprint density at radius 2 is 1.57 bits per heavy atom. The smallest absolute Gasteiger partial charge is 0.141 e. The molecule has 6 aromatic rings. The molecule has 4 aromatic carbocycles. The summed E-state index contributed by atoms with van der Waals surface area (Å²) >= 11 is 3.29. The molecule has 0 saturated heterocycles. The van der Waals surface area contributed by atoms with Crippen LogP contribution in [-0.4, -0.2) is 15.7 Å². The van der Waals surface area contributed by atoms with E-state index in [9.17, 15) is 0 Å². The van der Waals surface area contributed by atoms with Crippen LogP contribution in [0.2, 0.25) is 0 Å². The summed E-state index contributed by atoms with van der Waals surface area (Å²) in [5, 5.41) is 9.42. The number of hydrogen-bond donors (Lipinski definition) is 2. The van der Waals surface area contributed by atoms with E-state index in [-0.39, 0.29) is 0 Å². The van der Waals surface area contributed by atoms with E-state index in [4.69, 9.17) is 16.5 Å². The van der Waals surface area contributed by atoms with E-state index >= 15 is 0 Å². The number of nitrogens with zero attached hydrogens (tertiary/aromatic N) is 2. The monoisotopic (exact) mass is 582 g/mol. The molecule has 0 bridgehead atoms. The van der Waals surface area contributed by atoms with Gasteiger partial charge in [0.2, 0.25) is 0 Å². The van der Waals surface area contributed by atoms with Crippen LogP contribution in [-0.2, 0) is 0 Å². The van der Waals surface area contributed by atoms with Crippen LogP contribution in [0.15, 0.2) is 133 Å². The number of pyridine rings is 1. The van der Waals surface area contributed by atoms with Crippen molar-refractivity contribution in [2.45, 2.75) is 6.42 Å². The minimum atomic E-state index is 0.877. The van der Waals surface area contributed by atoms with Crippen molar-refractivity contribution < 1.29 is 0 Å². The number of aromatic nitrogens is 2. The first-order valence-corrected chi connectivity index (χ1v) is 15.7. The van der Waals surface area contributed by atoms with Crippen LogP contribution < -0.4 is 11.5 Å². The van der Waals surface area contributed by atoms with Gasteiger partial charge in [-0.25, -0.2) is 4.98 Å². The van der Waals surface area contributed by atoms with E-state index in [2.05, 4.69) is 96.0 Å². The topological polar surface area (TPSA) is 77.8 Å². The number of nitrogens with two attached hydrogens (primary N) is 2. The van der Waals surface area contributed by atoms with Gasteiger partial charge in [-0.2, -0.15) is 0 Å². The molecule has 6 rings (SSSR count). The third-order valence-electron chi connectivity index (χ3n) is 7.18. The molecule has 0 unspecified atom stereocenters. The zero-order valence-corrected chi connectivity index (χ0v) is 24.6. The number of rotatable bonds is 9. The van der Waals surface area contributed by atoms with Crippen LogP contribution in [0.4, 0.5) is 0 Å². The summed E-state index contributed by atoms with van der Waals surface area (Å²) in [5.74, 6) is 0.951. The van der Waals surface area contributed by atoms with Crippen molar-refractivity contribution in [2.75, 3.05) is 5.75 Å². The van der Waals surface area contributed by atoms with Crippen molar-refractivity contribution in [3.63, 3.8) is 0 Å². The van der Waals surface area contributed by atoms with Gasteiger partial charge < -0.3 is 11.5 Å². The molecule has 0 aliphatic rings. The molecule has 0 saturated carbocycles. The molecular weight excluding hydrogens is 553 g/mol. The molecule has 2 heterocycles. The molecule has 6 heteroatoms. The highest BCUT2D eigenvalue weighted by Gasteiger charge is 2.18. The Balaban J connectivity index is 1.57. The number of thiazole rings is 1. The van der Waals surface area contributed by atoms with Crippen molar-refractivity contribution >= 4 is 50.2 Å². The third kappa shape index (κ3) is 5.59. The standard InChI is InChI=1S/C36H30N4S2/c37-17-20-41-19-7-6-10-27(23-38)34-29-11-4-5-12-30(29)35(28-14-16-33(40-24-28)36-39-18-21-42-36)32-22-26(13-15-31(32)34)25-8-2-1-3-9-25/h1-6,8-18,20-24H,7,19,37-38H2/b10-6-,20-17-,27-23+. The number of hydrogen-bond acceptors (Lipinski definition) is 6. The lowest BCUT2D eigenvalue weighted by Crippen LogP contribution is -1.96. The van der Waals surface area contributed by atoms with Gasteiger partial charge in [0.25, 0.3) is 0 Å². The van der Waals surface area contributed by atoms with E-state index in [1.165, 1.54) is 5.56 Å². The average molecular weight is 583 g/mol. The minimum absolute atomic E-state index is 0.877. The van der Waals surface area contributed by atoms with E-state index in [0.29, 0.717) is 0 Å². The Labute approximate surface area is 254 Å². The van der Waals surface area contributed by atoms with E-state index in [1.54, 1.807) is 35.5 Å². The maximum atomic E-state index is 6.32. The van der Waals surface area contributed by atoms with Gasteiger partial charge in [-0.15, -0.1) is 23.1 Å². The summed E-state index contributed by atoms with van der Waals surface area (Å²) in [7, 11) is 0. The summed E-state index contributed by atoms with van der Waals surface area (Å²) < 4.78 is 0. The second kappa shape index (κ2) is 12.9. The Morgan fingerprint density at radius 1 is 0.786 bits per heavy atom. The highest BCUT2D eigenvalue weighted by atomic mass is 32.2. The van der Waals surface area contributed by atoms with Gasteiger partial charge in [-0.05, 0) is 73.3 Å². The normalized spacial score (nSPS) is 12.2. The molecule has 0 spiro atoms. The van der Waals surface area contributed by atoms with E-state index in [0.717, 1.165) is 72.2 Å². The first-order valence-electron chi connectivity index (χ1n) is 13.8. The summed E-state index contributed by atoms with van der Waals surface area (Å²) in [6, 6.07) is 30.1. The van der Waals surface area contributed by atoms with Gasteiger partial charge >= 0.3 is 0 Å². The van der Waals surface area contributed by atoms with E-state index < -0.39 is 0 Å². The summed E-state index contributed by atoms with van der Waals surface area (Å²) in [6.45, 7) is 0. The Morgan fingerprint density at radius 3 is 2.31 bits per heavy atom. The highest BCUT2D eigenvalue weighted by Crippen LogP contribution is 2.43. The Hall–Kier alpha value is -4.65. The summed E-state index contributed by atoms with van der Waals surface area (Å²) in [4.78, 5) is 9.27. The molecule has 42 heavy (non-hydrogen) atoms. The molecular formula is C36H30N4S2. The van der Waals surface area contributed by atoms with Crippen LogP contribution in [0.3, 0.4) is 0 Å². The Bertz CT molecular complexity index is 1910. The summed E-state index contributed by atoms with van der Waals surface area (Å²) in [5.41, 5.74) is 19.4. The SMILES string of the molecule is N/C=C\SCC/C=C\C(=C/N)c1c2ccccc2c(-c2ccc(-c3nccs3)nc2)c2cc(-c3ccccc3)ccc12. The molecule has 0 amide bonds. The zero-order valence-electron chi connectivity index (χ0n) is 23.0. The second-order valence-electron chi connectivity index (χ2n) is 9.70. The maximum absolute atomic E-state index is 6.32. The van der Waals surface area contributed by atoms with Gasteiger partial charge in [-0.1, -0.05) is 84.9 Å². The molecule has 0 aliphatic carbocycles. The van der Waals surface area contributed by atoms with Gasteiger partial charge in [0.15, 0.2) is 0 Å². The largest absolute Gasteiger partial charge is 0.404 e. The zero-order chi connectivity index (χ0) is 28.7. The fraction of sp³-hybridized carbons (Fsp3) is 0.0556. The third-order valence-corrected chi connectivity index (χ3v) is 8.79. The number of fused-ring (bicyclic) bond motifs is 2. The van der Waals surface area contributed by atoms with Crippen LogP contribution >= 0.6 is 23.1 Å². The van der Waals surface area contributed by atoms with Gasteiger partial charge in [0.1, 0.15) is 5.01 Å². The van der Waals surface area contributed by atoms with Gasteiger partial charge in [0, 0.05) is 41.5 Å². The van der Waals surface area contributed by atoms with Gasteiger partial charge in [0.05, 0.1) is 5.69 Å². The highest BCUT2D eigenvalue weighted by molar-refractivity contribution is 8.02. The fourth-order valence-electron chi connectivity index (χ4n) is 5.32. The van der Waals surface area contributed by atoms with Crippen molar-refractivity contribution in [3.05, 3.63) is 138 Å². The first kappa shape index (κ1) is 27.5. The van der Waals surface area contributed by atoms with Crippen LogP contribution in [0.1, 0.15) is 12.0 Å². The second-order valence-corrected chi connectivity index (χ2v) is 11.6. The molecule has 206 valence electrons. The van der Waals surface area contributed by atoms with Gasteiger partial charge in [-0.3, -0.25) is 4.98 Å². The van der Waals surface area contributed by atoms with Crippen molar-refractivity contribution in [3.8, 4) is 33.0 Å². The van der Waals surface area contributed by atoms with Crippen molar-refractivity contribution in [1.82, 2.24) is 9.97 Å². The van der Waals surface area contributed by atoms with Crippen molar-refractivity contribution in [2.24, 2.45) is 11.5 Å². The quantitative estimate of drug-likeness (QED) is 0.101. The Kier molecular flexibility index (Phi) is 8.45. The predicted octanol–water partition coefficient (Wildman–Crippen LogP) is 9.25. The first-order chi connectivity index (χ1) is 20.8. The van der Waals surface area contributed by atoms with Crippen LogP contribution in [0.25, 0.3) is 60.1 Å². The average Bonchev–Trinajstić information content (AvgIpc) is 3.59. The van der Waals surface area contributed by atoms with Crippen LogP contribution in [0.5, 0.6) is 0 Å². The number of allylic oxidation sites excluding steroid dienone is 3. The van der Waals surface area contributed by atoms with Crippen LogP contribution in [0, 0.1) is 0 Å². The lowest BCUT2D eigenvalue weighted by atomic mass is 9.85. The number of thioether (sulfide) groups is 1. The summed E-state index contributed by atoms with van der Waals surface area (Å²) in [6.07, 6.45) is 12.3. The fourth-order valence-corrected chi connectivity index (χ4v) is 6.45. The minimum Gasteiger partial charge on any atom is -0.404 e. The predicted molar refractivity (Wildman–Crippen MR) is 183 cm³/mol. The van der Waals surface area contributed by atoms with E-state index in [1.807, 2.05) is 29.2 Å². The molecule has 2 aromatic heterocycles. The molecule has 0 radical (unpaired) electrons. The molecule has 0 fully saturated rings. The number of benzene rings is 4. The molecule has 4 N–H and O–H groups in total. The van der Waals surface area contributed by atoms with Crippen molar-refractivity contribution in [1.29, 1.82) is 0 Å². The lowest BCUT2D eigenvalue weighted by Gasteiger charge is -2.19. The molecule has 0 atom stereocenters. The molecule has 0 aliphatic heterocycles. The molecule has 4 nitrogen and oxygen atoms in total. The maximum Gasteiger partial charge on any atom is 0.141 e.